The van der Waals surface area contributed by atoms with Gasteiger partial charge >= 0.3 is 5.97 Å². The van der Waals surface area contributed by atoms with E-state index in [2.05, 4.69) is 0 Å². The minimum Gasteiger partial charge on any atom is -0.469 e. The Hall–Kier alpha value is -1.80. The van der Waals surface area contributed by atoms with E-state index in [4.69, 9.17) is 16.3 Å². The maximum atomic E-state index is 12.8. The fourth-order valence-corrected chi connectivity index (χ4v) is 5.45. The number of nitrogens with zero attached hydrogens (tertiary/aromatic N) is 2. The van der Waals surface area contributed by atoms with Crippen LogP contribution in [0.5, 0.6) is 0 Å². The van der Waals surface area contributed by atoms with E-state index in [-0.39, 0.29) is 28.6 Å². The molecule has 148 valence electrons. The molecule has 1 aromatic carbocycles. The number of hydrogen-bond donors (Lipinski definition) is 0. The highest BCUT2D eigenvalue weighted by Crippen LogP contribution is 2.30. The number of hydrogen-bond acceptors (Lipinski definition) is 5. The summed E-state index contributed by atoms with van der Waals surface area (Å²) in [6, 6.07) is 4.75. The van der Waals surface area contributed by atoms with Crippen molar-refractivity contribution in [2.75, 3.05) is 36.8 Å². The summed E-state index contributed by atoms with van der Waals surface area (Å²) in [5, 5.41) is 0.230. The van der Waals surface area contributed by atoms with Crippen LogP contribution in [-0.4, -0.2) is 57.7 Å². The highest BCUT2D eigenvalue weighted by molar-refractivity contribution is 7.92. The van der Waals surface area contributed by atoms with Gasteiger partial charge in [-0.25, -0.2) is 8.42 Å². The summed E-state index contributed by atoms with van der Waals surface area (Å²) in [6.07, 6.45) is 2.57. The van der Waals surface area contributed by atoms with Crippen molar-refractivity contribution in [3.8, 4) is 0 Å². The Kier molecular flexibility index (Phi) is 5.95. The van der Waals surface area contributed by atoms with Crippen LogP contribution in [-0.2, 0) is 19.6 Å². The predicted molar refractivity (Wildman–Crippen MR) is 102 cm³/mol. The maximum Gasteiger partial charge on any atom is 0.308 e. The van der Waals surface area contributed by atoms with Crippen molar-refractivity contribution in [3.63, 3.8) is 0 Å². The molecule has 2 fully saturated rings. The van der Waals surface area contributed by atoms with Gasteiger partial charge in [0, 0.05) is 19.6 Å². The summed E-state index contributed by atoms with van der Waals surface area (Å²) >= 11 is 6.31. The largest absolute Gasteiger partial charge is 0.469 e. The zero-order chi connectivity index (χ0) is 19.6. The van der Waals surface area contributed by atoms with E-state index in [0.29, 0.717) is 50.1 Å². The average molecular weight is 415 g/mol. The second-order valence-electron chi connectivity index (χ2n) is 6.85. The van der Waals surface area contributed by atoms with E-state index in [1.54, 1.807) is 23.1 Å². The van der Waals surface area contributed by atoms with Gasteiger partial charge in [0.15, 0.2) is 0 Å². The molecule has 0 radical (unpaired) electrons. The molecule has 0 atom stereocenters. The van der Waals surface area contributed by atoms with Gasteiger partial charge in [-0.2, -0.15) is 0 Å². The average Bonchev–Trinajstić information content (AvgIpc) is 2.66. The third-order valence-corrected chi connectivity index (χ3v) is 7.32. The van der Waals surface area contributed by atoms with Crippen LogP contribution in [0.25, 0.3) is 0 Å². The fourth-order valence-electron chi connectivity index (χ4n) is 3.57. The zero-order valence-corrected chi connectivity index (χ0v) is 16.8. The molecule has 0 bridgehead atoms. The van der Waals surface area contributed by atoms with Gasteiger partial charge in [0.1, 0.15) is 0 Å². The molecule has 1 aromatic rings. The Morgan fingerprint density at radius 2 is 1.85 bits per heavy atom. The first kappa shape index (κ1) is 19.9. The van der Waals surface area contributed by atoms with E-state index < -0.39 is 10.0 Å². The van der Waals surface area contributed by atoms with E-state index >= 15 is 0 Å². The highest BCUT2D eigenvalue weighted by atomic mass is 35.5. The Morgan fingerprint density at radius 1 is 1.15 bits per heavy atom. The van der Waals surface area contributed by atoms with Gasteiger partial charge in [0.05, 0.1) is 35.1 Å². The van der Waals surface area contributed by atoms with Gasteiger partial charge in [0.2, 0.25) is 10.0 Å². The second-order valence-corrected chi connectivity index (χ2v) is 9.27. The summed E-state index contributed by atoms with van der Waals surface area (Å²) in [5.41, 5.74) is 0.826. The van der Waals surface area contributed by atoms with Crippen molar-refractivity contribution in [2.24, 2.45) is 5.92 Å². The Morgan fingerprint density at radius 3 is 2.44 bits per heavy atom. The topological polar surface area (TPSA) is 84.0 Å². The van der Waals surface area contributed by atoms with Gasteiger partial charge < -0.3 is 9.64 Å². The van der Waals surface area contributed by atoms with Crippen LogP contribution in [0, 0.1) is 5.92 Å². The lowest BCUT2D eigenvalue weighted by Gasteiger charge is -2.31. The van der Waals surface area contributed by atoms with Crippen LogP contribution in [0.1, 0.15) is 36.0 Å². The third kappa shape index (κ3) is 4.21. The van der Waals surface area contributed by atoms with Crippen LogP contribution in [0.3, 0.4) is 0 Å². The lowest BCUT2D eigenvalue weighted by atomic mass is 9.96. The molecular formula is C18H23ClN2O5S. The lowest BCUT2D eigenvalue weighted by Crippen LogP contribution is -2.40. The van der Waals surface area contributed by atoms with Crippen molar-refractivity contribution in [1.29, 1.82) is 0 Å². The van der Waals surface area contributed by atoms with Crippen LogP contribution in [0.2, 0.25) is 5.02 Å². The molecule has 9 heteroatoms. The maximum absolute atomic E-state index is 12.8. The summed E-state index contributed by atoms with van der Waals surface area (Å²) in [4.78, 5) is 26.0. The normalized spacial score (nSPS) is 20.4. The number of benzene rings is 1. The predicted octanol–water partition coefficient (Wildman–Crippen LogP) is 2.30. The Bertz CT molecular complexity index is 834. The summed E-state index contributed by atoms with van der Waals surface area (Å²) in [7, 11) is -1.96. The number of sulfonamides is 1. The van der Waals surface area contributed by atoms with E-state index in [1.165, 1.54) is 11.4 Å². The SMILES string of the molecule is COC(=O)C1CCN(C(=O)c2ccc(N3CCCCS3(=O)=O)cc2Cl)CC1. The molecule has 0 aromatic heterocycles. The first-order chi connectivity index (χ1) is 12.8. The number of rotatable bonds is 3. The number of methoxy groups -OCH3 is 1. The quantitative estimate of drug-likeness (QED) is 0.708. The third-order valence-electron chi connectivity index (χ3n) is 5.14. The minimum atomic E-state index is -3.33. The summed E-state index contributed by atoms with van der Waals surface area (Å²) in [6.45, 7) is 1.33. The van der Waals surface area contributed by atoms with Crippen molar-refractivity contribution < 1.29 is 22.7 Å². The molecule has 2 heterocycles. The molecule has 2 aliphatic heterocycles. The molecule has 0 spiro atoms. The van der Waals surface area contributed by atoms with E-state index in [9.17, 15) is 18.0 Å². The summed E-state index contributed by atoms with van der Waals surface area (Å²) in [5.74, 6) is -0.509. The Balaban J connectivity index is 1.73. The van der Waals surface area contributed by atoms with Crippen molar-refractivity contribution in [1.82, 2.24) is 4.90 Å². The minimum absolute atomic E-state index is 0.125. The van der Waals surface area contributed by atoms with Crippen molar-refractivity contribution in [3.05, 3.63) is 28.8 Å². The van der Waals surface area contributed by atoms with Gasteiger partial charge in [-0.1, -0.05) is 11.6 Å². The molecule has 0 unspecified atom stereocenters. The molecule has 2 aliphatic rings. The smallest absolute Gasteiger partial charge is 0.308 e. The number of likely N-dealkylation sites (tertiary alicyclic amines) is 1. The zero-order valence-electron chi connectivity index (χ0n) is 15.2. The molecule has 0 aliphatic carbocycles. The van der Waals surface area contributed by atoms with Crippen LogP contribution >= 0.6 is 11.6 Å². The fraction of sp³-hybridized carbons (Fsp3) is 0.556. The van der Waals surface area contributed by atoms with Gasteiger partial charge in [0.25, 0.3) is 5.91 Å². The number of carbonyl (C=O) groups is 2. The lowest BCUT2D eigenvalue weighted by molar-refractivity contribution is -0.146. The number of piperidine rings is 1. The Labute approximate surface area is 164 Å². The van der Waals surface area contributed by atoms with Crippen LogP contribution in [0.15, 0.2) is 18.2 Å². The molecule has 1 amide bonds. The molecule has 2 saturated heterocycles. The molecule has 3 rings (SSSR count). The summed E-state index contributed by atoms with van der Waals surface area (Å²) < 4.78 is 30.6. The molecule has 0 N–H and O–H groups in total. The monoisotopic (exact) mass is 414 g/mol. The molecule has 7 nitrogen and oxygen atoms in total. The van der Waals surface area contributed by atoms with E-state index in [0.717, 1.165) is 6.42 Å². The van der Waals surface area contributed by atoms with Crippen LogP contribution in [0.4, 0.5) is 5.69 Å². The van der Waals surface area contributed by atoms with Gasteiger partial charge in [-0.3, -0.25) is 13.9 Å². The molecule has 27 heavy (non-hydrogen) atoms. The van der Waals surface area contributed by atoms with Crippen molar-refractivity contribution >= 4 is 39.2 Å². The first-order valence-electron chi connectivity index (χ1n) is 9.00. The van der Waals surface area contributed by atoms with Gasteiger partial charge in [-0.05, 0) is 43.9 Å². The number of ether oxygens (including phenoxy) is 1. The number of amides is 1. The van der Waals surface area contributed by atoms with Crippen molar-refractivity contribution in [2.45, 2.75) is 25.7 Å². The van der Waals surface area contributed by atoms with Crippen LogP contribution < -0.4 is 4.31 Å². The number of halogens is 1. The number of esters is 1. The second kappa shape index (κ2) is 8.06. The molecular weight excluding hydrogens is 392 g/mol. The molecule has 0 saturated carbocycles. The number of carbonyl (C=O) groups excluding carboxylic acids is 2. The highest BCUT2D eigenvalue weighted by Gasteiger charge is 2.30. The standard InChI is InChI=1S/C18H23ClN2O5S/c1-26-18(23)13-6-9-20(10-7-13)17(22)15-5-4-14(12-16(15)19)21-8-2-3-11-27(21,24)25/h4-5,12-13H,2-3,6-11H2,1H3. The van der Waals surface area contributed by atoms with Gasteiger partial charge in [-0.15, -0.1) is 0 Å². The number of anilines is 1. The first-order valence-corrected chi connectivity index (χ1v) is 11.0. The van der Waals surface area contributed by atoms with E-state index in [1.807, 2.05) is 0 Å².